The van der Waals surface area contributed by atoms with E-state index in [1.54, 1.807) is 42.5 Å². The largest absolute Gasteiger partial charge is 0.497 e. The molecule has 0 unspecified atom stereocenters. The molecule has 2 fully saturated rings. The second-order valence-electron chi connectivity index (χ2n) is 9.84. The maximum Gasteiger partial charge on any atom is 0.338 e. The fourth-order valence-electron chi connectivity index (χ4n) is 5.51. The summed E-state index contributed by atoms with van der Waals surface area (Å²) < 4.78 is 10.5. The van der Waals surface area contributed by atoms with Gasteiger partial charge in [-0.2, -0.15) is 0 Å². The fraction of sp³-hybridized carbons (Fsp3) is 0.290. The number of methoxy groups -OCH3 is 1. The lowest BCUT2D eigenvalue weighted by Gasteiger charge is -2.28. The topological polar surface area (TPSA) is 90.0 Å². The maximum atomic E-state index is 13.4. The van der Waals surface area contributed by atoms with E-state index < -0.39 is 12.1 Å². The van der Waals surface area contributed by atoms with E-state index in [9.17, 15) is 19.2 Å². The number of ether oxygens (including phenoxy) is 2. The molecule has 194 valence electrons. The lowest BCUT2D eigenvalue weighted by Crippen LogP contribution is -2.31. The molecule has 3 aromatic rings. The first kappa shape index (κ1) is 25.4. The molecule has 3 aromatic carbocycles. The van der Waals surface area contributed by atoms with E-state index in [0.717, 1.165) is 6.42 Å². The SMILES string of the molecule is COc1ccc(C(=O)[C@H](C)OC(=O)c2cccc(N3C(=O)[C@@H]4CC[C@H](c5ccccc5)C[C@H]4C3=O)c2)cc1. The Labute approximate surface area is 221 Å². The van der Waals surface area contributed by atoms with Gasteiger partial charge in [-0.05, 0) is 80.1 Å². The summed E-state index contributed by atoms with van der Waals surface area (Å²) in [5, 5.41) is 0. The maximum absolute atomic E-state index is 13.4. The molecule has 7 nitrogen and oxygen atoms in total. The highest BCUT2D eigenvalue weighted by Crippen LogP contribution is 2.45. The molecule has 5 rings (SSSR count). The van der Waals surface area contributed by atoms with Crippen molar-refractivity contribution in [3.05, 3.63) is 95.6 Å². The van der Waals surface area contributed by atoms with Gasteiger partial charge in [0.15, 0.2) is 6.10 Å². The zero-order valence-corrected chi connectivity index (χ0v) is 21.3. The molecule has 0 aromatic heterocycles. The highest BCUT2D eigenvalue weighted by Gasteiger charge is 2.50. The van der Waals surface area contributed by atoms with Crippen molar-refractivity contribution in [3.63, 3.8) is 0 Å². The molecule has 0 radical (unpaired) electrons. The van der Waals surface area contributed by atoms with E-state index in [-0.39, 0.29) is 40.9 Å². The third-order valence-electron chi connectivity index (χ3n) is 7.56. The number of rotatable bonds is 7. The zero-order valence-electron chi connectivity index (χ0n) is 21.3. The average molecular weight is 512 g/mol. The Morgan fingerprint density at radius 1 is 0.842 bits per heavy atom. The van der Waals surface area contributed by atoms with E-state index in [4.69, 9.17) is 9.47 Å². The summed E-state index contributed by atoms with van der Waals surface area (Å²) in [5.74, 6) is -1.38. The van der Waals surface area contributed by atoms with Gasteiger partial charge in [0.1, 0.15) is 5.75 Å². The molecule has 7 heteroatoms. The van der Waals surface area contributed by atoms with Crippen LogP contribution in [0.3, 0.4) is 0 Å². The number of fused-ring (bicyclic) bond motifs is 1. The molecule has 1 aliphatic carbocycles. The first-order valence-electron chi connectivity index (χ1n) is 12.8. The number of hydrogen-bond donors (Lipinski definition) is 0. The number of nitrogens with zero attached hydrogens (tertiary/aromatic N) is 1. The summed E-state index contributed by atoms with van der Waals surface area (Å²) >= 11 is 0. The first-order valence-corrected chi connectivity index (χ1v) is 12.8. The minimum absolute atomic E-state index is 0.162. The third-order valence-corrected chi connectivity index (χ3v) is 7.56. The summed E-state index contributed by atoms with van der Waals surface area (Å²) in [6.07, 6.45) is 1.11. The number of Topliss-reactive ketones (excluding diaryl/α,β-unsaturated/α-hetero) is 1. The molecule has 2 amide bonds. The lowest BCUT2D eigenvalue weighted by molar-refractivity contribution is -0.122. The molecular weight excluding hydrogens is 482 g/mol. The molecule has 0 spiro atoms. The van der Waals surface area contributed by atoms with Crippen LogP contribution in [0, 0.1) is 11.8 Å². The van der Waals surface area contributed by atoms with E-state index in [1.807, 2.05) is 18.2 Å². The van der Waals surface area contributed by atoms with Gasteiger partial charge < -0.3 is 9.47 Å². The van der Waals surface area contributed by atoms with Gasteiger partial charge in [-0.25, -0.2) is 4.79 Å². The molecule has 0 bridgehead atoms. The van der Waals surface area contributed by atoms with Gasteiger partial charge in [0.25, 0.3) is 0 Å². The van der Waals surface area contributed by atoms with Crippen molar-refractivity contribution in [1.82, 2.24) is 0 Å². The summed E-state index contributed by atoms with van der Waals surface area (Å²) in [6.45, 7) is 1.51. The van der Waals surface area contributed by atoms with Crippen molar-refractivity contribution < 1.29 is 28.7 Å². The fourth-order valence-corrected chi connectivity index (χ4v) is 5.51. The Morgan fingerprint density at radius 2 is 1.55 bits per heavy atom. The van der Waals surface area contributed by atoms with Crippen LogP contribution in [-0.2, 0) is 14.3 Å². The summed E-state index contributed by atoms with van der Waals surface area (Å²) in [7, 11) is 1.54. The minimum atomic E-state index is -1.02. The number of hydrogen-bond acceptors (Lipinski definition) is 6. The van der Waals surface area contributed by atoms with Crippen LogP contribution in [0.2, 0.25) is 0 Å². The van der Waals surface area contributed by atoms with Gasteiger partial charge >= 0.3 is 5.97 Å². The van der Waals surface area contributed by atoms with Gasteiger partial charge in [0.2, 0.25) is 17.6 Å². The second-order valence-corrected chi connectivity index (χ2v) is 9.84. The second kappa shape index (κ2) is 10.6. The Hall–Kier alpha value is -4.26. The van der Waals surface area contributed by atoms with Crippen molar-refractivity contribution in [2.24, 2.45) is 11.8 Å². The first-order chi connectivity index (χ1) is 18.4. The van der Waals surface area contributed by atoms with Gasteiger partial charge in [-0.3, -0.25) is 19.3 Å². The highest BCUT2D eigenvalue weighted by atomic mass is 16.5. The van der Waals surface area contributed by atoms with E-state index in [2.05, 4.69) is 12.1 Å². The van der Waals surface area contributed by atoms with Crippen LogP contribution in [0.1, 0.15) is 58.4 Å². The van der Waals surface area contributed by atoms with Gasteiger partial charge in [-0.15, -0.1) is 0 Å². The van der Waals surface area contributed by atoms with E-state index in [0.29, 0.717) is 29.8 Å². The number of carbonyl (C=O) groups excluding carboxylic acids is 4. The molecule has 1 aliphatic heterocycles. The number of amides is 2. The molecule has 1 heterocycles. The smallest absolute Gasteiger partial charge is 0.338 e. The molecular formula is C31H29NO6. The Morgan fingerprint density at radius 3 is 2.26 bits per heavy atom. The normalized spacial score (nSPS) is 21.5. The number of ketones is 1. The van der Waals surface area contributed by atoms with E-state index in [1.165, 1.54) is 30.6 Å². The highest BCUT2D eigenvalue weighted by molar-refractivity contribution is 6.22. The van der Waals surface area contributed by atoms with Crippen LogP contribution >= 0.6 is 0 Å². The summed E-state index contributed by atoms with van der Waals surface area (Å²) in [5.41, 5.74) is 2.08. The van der Waals surface area contributed by atoms with Crippen molar-refractivity contribution in [3.8, 4) is 5.75 Å². The number of imide groups is 1. The van der Waals surface area contributed by atoms with Crippen LogP contribution in [0.4, 0.5) is 5.69 Å². The Balaban J connectivity index is 1.29. The molecule has 0 N–H and O–H groups in total. The number of benzene rings is 3. The van der Waals surface area contributed by atoms with Crippen molar-refractivity contribution in [2.75, 3.05) is 12.0 Å². The van der Waals surface area contributed by atoms with Gasteiger partial charge in [-0.1, -0.05) is 36.4 Å². The predicted octanol–water partition coefficient (Wildman–Crippen LogP) is 5.20. The van der Waals surface area contributed by atoms with Crippen LogP contribution in [0.5, 0.6) is 5.75 Å². The van der Waals surface area contributed by atoms with Crippen LogP contribution in [0.25, 0.3) is 0 Å². The minimum Gasteiger partial charge on any atom is -0.497 e. The molecule has 38 heavy (non-hydrogen) atoms. The van der Waals surface area contributed by atoms with Crippen molar-refractivity contribution >= 4 is 29.3 Å². The average Bonchev–Trinajstić information content (AvgIpc) is 3.21. The van der Waals surface area contributed by atoms with Gasteiger partial charge in [0, 0.05) is 5.56 Å². The van der Waals surface area contributed by atoms with Crippen LogP contribution in [0.15, 0.2) is 78.9 Å². The van der Waals surface area contributed by atoms with Gasteiger partial charge in [0.05, 0.1) is 30.2 Å². The molecule has 1 saturated heterocycles. The van der Waals surface area contributed by atoms with E-state index >= 15 is 0 Å². The number of anilines is 1. The van der Waals surface area contributed by atoms with Crippen LogP contribution in [-0.4, -0.2) is 36.8 Å². The number of esters is 1. The standard InChI is InChI=1S/C31H29NO6/c1-19(28(33)21-11-14-25(37-2)15-12-21)38-31(36)23-9-6-10-24(17-23)32-29(34)26-16-13-22(18-27(26)30(32)35)20-7-4-3-5-8-20/h3-12,14-15,17,19,22,26-27H,13,16,18H2,1-2H3/t19-,22-,26+,27+/m0/s1. The summed E-state index contributed by atoms with van der Waals surface area (Å²) in [6, 6.07) is 22.9. The summed E-state index contributed by atoms with van der Waals surface area (Å²) in [4.78, 5) is 53.5. The quantitative estimate of drug-likeness (QED) is 0.246. The predicted molar refractivity (Wildman–Crippen MR) is 141 cm³/mol. The Bertz CT molecular complexity index is 1370. The van der Waals surface area contributed by atoms with Crippen LogP contribution < -0.4 is 9.64 Å². The molecule has 2 aliphatic rings. The zero-order chi connectivity index (χ0) is 26.8. The van der Waals surface area contributed by atoms with Crippen molar-refractivity contribution in [2.45, 2.75) is 38.2 Å². The Kier molecular flexibility index (Phi) is 7.09. The third kappa shape index (κ3) is 4.84. The van der Waals surface area contributed by atoms with Crippen molar-refractivity contribution in [1.29, 1.82) is 0 Å². The lowest BCUT2D eigenvalue weighted by atomic mass is 9.73. The monoisotopic (exact) mass is 511 g/mol. The number of carbonyl (C=O) groups is 4. The molecule has 1 saturated carbocycles. The molecule has 4 atom stereocenters.